The highest BCUT2D eigenvalue weighted by Gasteiger charge is 2.24. The topological polar surface area (TPSA) is 61.9 Å². The van der Waals surface area contributed by atoms with Gasteiger partial charge in [-0.3, -0.25) is 9.59 Å². The number of benzene rings is 1. The molecule has 6 nitrogen and oxygen atoms in total. The smallest absolute Gasteiger partial charge is 0.254 e. The first-order chi connectivity index (χ1) is 11.5. The predicted molar refractivity (Wildman–Crippen MR) is 101 cm³/mol. The fourth-order valence-corrected chi connectivity index (χ4v) is 3.03. The van der Waals surface area contributed by atoms with Gasteiger partial charge in [0.25, 0.3) is 5.91 Å². The van der Waals surface area contributed by atoms with Gasteiger partial charge in [0.2, 0.25) is 5.91 Å². The lowest BCUT2D eigenvalue weighted by atomic mass is 10.2. The summed E-state index contributed by atoms with van der Waals surface area (Å²) in [7, 11) is 1.62. The van der Waals surface area contributed by atoms with Crippen LogP contribution in [-0.4, -0.2) is 74.6 Å². The van der Waals surface area contributed by atoms with Crippen molar-refractivity contribution in [3.05, 3.63) is 33.8 Å². The summed E-state index contributed by atoms with van der Waals surface area (Å²) in [4.78, 5) is 28.1. The molecule has 1 saturated heterocycles. The molecule has 9 heteroatoms. The zero-order valence-corrected chi connectivity index (χ0v) is 16.3. The molecule has 0 aliphatic carbocycles. The number of hydrogen-bond acceptors (Lipinski definition) is 4. The Morgan fingerprint density at radius 1 is 1.08 bits per heavy atom. The molecule has 0 spiro atoms. The molecule has 1 aliphatic heterocycles. The Morgan fingerprint density at radius 3 is 2.20 bits per heavy atom. The quantitative estimate of drug-likeness (QED) is 0.728. The Hall–Kier alpha value is -1.05. The molecule has 0 aromatic heterocycles. The van der Waals surface area contributed by atoms with E-state index in [0.29, 0.717) is 54.9 Å². The number of ether oxygens (including phenoxy) is 1. The van der Waals surface area contributed by atoms with Crippen molar-refractivity contribution in [3.8, 4) is 0 Å². The van der Waals surface area contributed by atoms with Crippen LogP contribution in [0, 0.1) is 0 Å². The van der Waals surface area contributed by atoms with Gasteiger partial charge >= 0.3 is 0 Å². The van der Waals surface area contributed by atoms with Crippen LogP contribution in [0.4, 0.5) is 0 Å². The Kier molecular flexibility index (Phi) is 9.53. The highest BCUT2D eigenvalue weighted by molar-refractivity contribution is 6.35. The molecule has 1 aliphatic rings. The van der Waals surface area contributed by atoms with E-state index in [9.17, 15) is 9.59 Å². The molecule has 1 N–H and O–H groups in total. The van der Waals surface area contributed by atoms with Crippen LogP contribution in [0.5, 0.6) is 0 Å². The molecule has 0 bridgehead atoms. The van der Waals surface area contributed by atoms with E-state index in [4.69, 9.17) is 27.9 Å². The van der Waals surface area contributed by atoms with Crippen LogP contribution >= 0.6 is 35.6 Å². The molecule has 140 valence electrons. The van der Waals surface area contributed by atoms with E-state index < -0.39 is 0 Å². The summed E-state index contributed by atoms with van der Waals surface area (Å²) in [6.07, 6.45) is 0. The van der Waals surface area contributed by atoms with Crippen molar-refractivity contribution in [3.63, 3.8) is 0 Å². The fraction of sp³-hybridized carbons (Fsp3) is 0.500. The van der Waals surface area contributed by atoms with Crippen LogP contribution in [0.25, 0.3) is 0 Å². The summed E-state index contributed by atoms with van der Waals surface area (Å²) in [5.41, 5.74) is 0.466. The zero-order chi connectivity index (χ0) is 17.5. The van der Waals surface area contributed by atoms with Crippen molar-refractivity contribution >= 4 is 47.4 Å². The third-order valence-corrected chi connectivity index (χ3v) is 4.22. The molecule has 0 atom stereocenters. The molecular formula is C16H22Cl3N3O3. The number of methoxy groups -OCH3 is 1. The number of hydrogen-bond donors (Lipinski definition) is 1. The first kappa shape index (κ1) is 22.0. The van der Waals surface area contributed by atoms with Gasteiger partial charge in [-0.2, -0.15) is 0 Å². The van der Waals surface area contributed by atoms with Gasteiger partial charge in [0.05, 0.1) is 13.2 Å². The van der Waals surface area contributed by atoms with Gasteiger partial charge in [-0.25, -0.2) is 0 Å². The standard InChI is InChI=1S/C16H21Cl2N3O3.ClH/c1-24-7-2-19-11-15(22)20-3-5-21(6-4-20)16(23)12-8-13(17)10-14(18)9-12;/h8-10,19H,2-7,11H2,1H3;1H. The Labute approximate surface area is 163 Å². The molecule has 0 radical (unpaired) electrons. The van der Waals surface area contributed by atoms with Crippen LogP contribution in [0.3, 0.4) is 0 Å². The molecule has 0 saturated carbocycles. The minimum absolute atomic E-state index is 0. The molecule has 1 fully saturated rings. The molecule has 1 aromatic rings. The van der Waals surface area contributed by atoms with E-state index in [1.807, 2.05) is 0 Å². The molecule has 1 aromatic carbocycles. The van der Waals surface area contributed by atoms with Crippen LogP contribution in [0.15, 0.2) is 18.2 Å². The van der Waals surface area contributed by atoms with E-state index >= 15 is 0 Å². The van der Waals surface area contributed by atoms with Gasteiger partial charge in [0.15, 0.2) is 0 Å². The minimum atomic E-state index is -0.121. The van der Waals surface area contributed by atoms with Crippen molar-refractivity contribution in [1.29, 1.82) is 0 Å². The maximum atomic E-state index is 12.5. The van der Waals surface area contributed by atoms with Crippen LogP contribution < -0.4 is 5.32 Å². The normalized spacial score (nSPS) is 14.2. The summed E-state index contributed by atoms with van der Waals surface area (Å²) < 4.78 is 4.92. The van der Waals surface area contributed by atoms with Crippen LogP contribution in [0.2, 0.25) is 10.0 Å². The third kappa shape index (κ3) is 6.64. The maximum absolute atomic E-state index is 12.5. The summed E-state index contributed by atoms with van der Waals surface area (Å²) >= 11 is 11.9. The molecule has 2 amide bonds. The van der Waals surface area contributed by atoms with Crippen molar-refractivity contribution in [1.82, 2.24) is 15.1 Å². The number of piperazine rings is 1. The largest absolute Gasteiger partial charge is 0.383 e. The summed E-state index contributed by atoms with van der Waals surface area (Å²) in [6.45, 7) is 3.50. The van der Waals surface area contributed by atoms with Gasteiger partial charge in [-0.1, -0.05) is 23.2 Å². The van der Waals surface area contributed by atoms with E-state index in [0.717, 1.165) is 0 Å². The molecule has 1 heterocycles. The summed E-state index contributed by atoms with van der Waals surface area (Å²) in [5, 5.41) is 3.89. The first-order valence-electron chi connectivity index (χ1n) is 7.74. The molecule has 0 unspecified atom stereocenters. The lowest BCUT2D eigenvalue weighted by Gasteiger charge is -2.35. The SMILES string of the molecule is COCCNCC(=O)N1CCN(C(=O)c2cc(Cl)cc(Cl)c2)CC1.Cl. The maximum Gasteiger partial charge on any atom is 0.254 e. The second-order valence-corrected chi connectivity index (χ2v) is 6.37. The fourth-order valence-electron chi connectivity index (χ4n) is 2.50. The van der Waals surface area contributed by atoms with Gasteiger partial charge in [-0.05, 0) is 18.2 Å². The van der Waals surface area contributed by atoms with E-state index in [-0.39, 0.29) is 30.8 Å². The first-order valence-corrected chi connectivity index (χ1v) is 8.49. The molecule has 25 heavy (non-hydrogen) atoms. The number of carbonyl (C=O) groups excluding carboxylic acids is 2. The number of amides is 2. The molecule has 2 rings (SSSR count). The predicted octanol–water partition coefficient (Wildman–Crippen LogP) is 1.94. The third-order valence-electron chi connectivity index (χ3n) is 3.79. The van der Waals surface area contributed by atoms with Gasteiger partial charge in [0.1, 0.15) is 0 Å². The Balaban J connectivity index is 0.00000312. The monoisotopic (exact) mass is 409 g/mol. The highest BCUT2D eigenvalue weighted by Crippen LogP contribution is 2.20. The number of nitrogens with zero attached hydrogens (tertiary/aromatic N) is 2. The number of halogens is 3. The average Bonchev–Trinajstić information content (AvgIpc) is 2.57. The average molecular weight is 411 g/mol. The van der Waals surface area contributed by atoms with Gasteiger partial charge in [0, 0.05) is 55.4 Å². The Morgan fingerprint density at radius 2 is 1.64 bits per heavy atom. The van der Waals surface area contributed by atoms with Gasteiger partial charge < -0.3 is 19.9 Å². The molecular weight excluding hydrogens is 389 g/mol. The van der Waals surface area contributed by atoms with Crippen LogP contribution in [0.1, 0.15) is 10.4 Å². The van der Waals surface area contributed by atoms with Crippen molar-refractivity contribution < 1.29 is 14.3 Å². The number of rotatable bonds is 6. The Bertz CT molecular complexity index is 573. The van der Waals surface area contributed by atoms with Gasteiger partial charge in [-0.15, -0.1) is 12.4 Å². The highest BCUT2D eigenvalue weighted by atomic mass is 35.5. The van der Waals surface area contributed by atoms with Crippen molar-refractivity contribution in [2.45, 2.75) is 0 Å². The van der Waals surface area contributed by atoms with E-state index in [1.54, 1.807) is 35.1 Å². The zero-order valence-electron chi connectivity index (χ0n) is 14.0. The lowest BCUT2D eigenvalue weighted by molar-refractivity contribution is -0.131. The minimum Gasteiger partial charge on any atom is -0.383 e. The summed E-state index contributed by atoms with van der Waals surface area (Å²) in [5.74, 6) is -0.0891. The van der Waals surface area contributed by atoms with Crippen LogP contribution in [-0.2, 0) is 9.53 Å². The lowest BCUT2D eigenvalue weighted by Crippen LogP contribution is -2.52. The van der Waals surface area contributed by atoms with E-state index in [2.05, 4.69) is 5.32 Å². The number of nitrogens with one attached hydrogen (secondary N) is 1. The second kappa shape index (κ2) is 10.8. The second-order valence-electron chi connectivity index (χ2n) is 5.50. The summed E-state index contributed by atoms with van der Waals surface area (Å²) in [6, 6.07) is 4.80. The van der Waals surface area contributed by atoms with Crippen molar-refractivity contribution in [2.24, 2.45) is 0 Å². The number of carbonyl (C=O) groups is 2. The van der Waals surface area contributed by atoms with Crippen molar-refractivity contribution in [2.75, 3.05) is 53.0 Å². The van der Waals surface area contributed by atoms with E-state index in [1.165, 1.54) is 0 Å².